The average Bonchev–Trinajstić information content (AvgIpc) is 3.29. The Labute approximate surface area is 214 Å². The molecule has 2 aromatic heterocycles. The lowest BCUT2D eigenvalue weighted by Gasteiger charge is -2.11. The fourth-order valence-corrected chi connectivity index (χ4v) is 4.56. The molecule has 4 aromatic rings. The summed E-state index contributed by atoms with van der Waals surface area (Å²) in [6, 6.07) is 12.3. The fraction of sp³-hybridized carbons (Fsp3) is 0.200. The van der Waals surface area contributed by atoms with Crippen molar-refractivity contribution in [2.75, 3.05) is 18.5 Å². The van der Waals surface area contributed by atoms with Crippen molar-refractivity contribution in [1.29, 1.82) is 0 Å². The molecule has 12 heteroatoms. The van der Waals surface area contributed by atoms with Gasteiger partial charge in [0.05, 0.1) is 35.6 Å². The molecular formula is C25H22N4O7S. The van der Waals surface area contributed by atoms with Crippen LogP contribution < -0.4 is 15.6 Å². The summed E-state index contributed by atoms with van der Waals surface area (Å²) in [5.74, 6) is -0.520. The van der Waals surface area contributed by atoms with Crippen LogP contribution in [0.15, 0.2) is 58.7 Å². The van der Waals surface area contributed by atoms with E-state index in [1.54, 1.807) is 36.6 Å². The van der Waals surface area contributed by atoms with E-state index in [1.165, 1.54) is 24.3 Å². The van der Waals surface area contributed by atoms with Crippen LogP contribution in [-0.2, 0) is 16.0 Å². The van der Waals surface area contributed by atoms with Crippen molar-refractivity contribution >= 4 is 44.7 Å². The number of non-ortho nitro benzene ring substituents is 1. The van der Waals surface area contributed by atoms with Crippen LogP contribution in [0, 0.1) is 10.1 Å². The molecule has 0 bridgehead atoms. The van der Waals surface area contributed by atoms with Crippen molar-refractivity contribution < 1.29 is 24.0 Å². The van der Waals surface area contributed by atoms with Crippen LogP contribution in [0.25, 0.3) is 16.5 Å². The number of thiophene rings is 1. The number of carbonyl (C=O) groups is 2. The number of anilines is 1. The van der Waals surface area contributed by atoms with E-state index in [-0.39, 0.29) is 40.2 Å². The van der Waals surface area contributed by atoms with Gasteiger partial charge >= 0.3 is 5.97 Å². The molecule has 0 saturated heterocycles. The molecule has 0 unspecified atom stereocenters. The topological polar surface area (TPSA) is 143 Å². The minimum atomic E-state index is -0.700. The van der Waals surface area contributed by atoms with Gasteiger partial charge in [0.1, 0.15) is 10.8 Å². The molecule has 0 saturated carbocycles. The zero-order chi connectivity index (χ0) is 26.5. The lowest BCUT2D eigenvalue weighted by atomic mass is 10.1. The van der Waals surface area contributed by atoms with Gasteiger partial charge in [-0.1, -0.05) is 12.1 Å². The Hall–Kier alpha value is -4.58. The second-order valence-corrected chi connectivity index (χ2v) is 8.59. The van der Waals surface area contributed by atoms with E-state index < -0.39 is 22.4 Å². The number of nitrogens with zero attached hydrogens (tertiary/aromatic N) is 3. The highest BCUT2D eigenvalue weighted by atomic mass is 32.1. The van der Waals surface area contributed by atoms with Crippen LogP contribution in [-0.4, -0.2) is 39.8 Å². The molecule has 0 atom stereocenters. The zero-order valence-electron chi connectivity index (χ0n) is 19.9. The van der Waals surface area contributed by atoms with Crippen molar-refractivity contribution in [2.24, 2.45) is 0 Å². The molecule has 0 fully saturated rings. The number of ether oxygens (including phenoxy) is 2. The number of amides is 1. The van der Waals surface area contributed by atoms with Crippen LogP contribution in [0.3, 0.4) is 0 Å². The molecule has 0 radical (unpaired) electrons. The Morgan fingerprint density at radius 1 is 1.08 bits per heavy atom. The third-order valence-electron chi connectivity index (χ3n) is 5.28. The second-order valence-electron chi connectivity index (χ2n) is 7.71. The van der Waals surface area contributed by atoms with E-state index in [0.29, 0.717) is 23.6 Å². The van der Waals surface area contributed by atoms with Gasteiger partial charge in [-0.3, -0.25) is 19.7 Å². The Morgan fingerprint density at radius 2 is 1.78 bits per heavy atom. The van der Waals surface area contributed by atoms with Crippen molar-refractivity contribution in [3.8, 4) is 11.4 Å². The molecule has 0 aliphatic rings. The highest BCUT2D eigenvalue weighted by Gasteiger charge is 2.23. The largest absolute Gasteiger partial charge is 0.494 e. The lowest BCUT2D eigenvalue weighted by Crippen LogP contribution is -2.25. The second kappa shape index (κ2) is 11.0. The fourth-order valence-electron chi connectivity index (χ4n) is 3.61. The number of fused-ring (bicyclic) bond motifs is 1. The van der Waals surface area contributed by atoms with Crippen LogP contribution in [0.1, 0.15) is 29.9 Å². The number of hydrogen-bond acceptors (Lipinski definition) is 9. The quantitative estimate of drug-likeness (QED) is 0.197. The van der Waals surface area contributed by atoms with E-state index >= 15 is 0 Å². The number of nitro benzene ring substituents is 1. The van der Waals surface area contributed by atoms with Gasteiger partial charge in [-0.2, -0.15) is 9.78 Å². The summed E-state index contributed by atoms with van der Waals surface area (Å²) in [6.45, 7) is 4.12. The molecule has 0 aliphatic carbocycles. The number of aromatic nitrogens is 2. The summed E-state index contributed by atoms with van der Waals surface area (Å²) in [5.41, 5.74) is 0.290. The van der Waals surface area contributed by atoms with Gasteiger partial charge in [-0.05, 0) is 43.7 Å². The molecule has 0 aliphatic heterocycles. The van der Waals surface area contributed by atoms with Crippen LogP contribution in [0.4, 0.5) is 10.7 Å². The summed E-state index contributed by atoms with van der Waals surface area (Å²) in [4.78, 5) is 49.3. The predicted molar refractivity (Wildman–Crippen MR) is 138 cm³/mol. The predicted octanol–water partition coefficient (Wildman–Crippen LogP) is 4.11. The van der Waals surface area contributed by atoms with Gasteiger partial charge in [0.15, 0.2) is 5.69 Å². The molecule has 190 valence electrons. The van der Waals surface area contributed by atoms with E-state index in [4.69, 9.17) is 9.47 Å². The molecule has 1 amide bonds. The molecule has 37 heavy (non-hydrogen) atoms. The summed E-state index contributed by atoms with van der Waals surface area (Å²) in [7, 11) is 0. The first-order chi connectivity index (χ1) is 17.8. The van der Waals surface area contributed by atoms with Gasteiger partial charge in [0.25, 0.3) is 11.2 Å². The van der Waals surface area contributed by atoms with Gasteiger partial charge in [0, 0.05) is 22.9 Å². The number of nitro groups is 1. The maximum absolute atomic E-state index is 13.5. The van der Waals surface area contributed by atoms with Gasteiger partial charge in [-0.15, -0.1) is 11.3 Å². The smallest absolute Gasteiger partial charge is 0.359 e. The van der Waals surface area contributed by atoms with E-state index in [0.717, 1.165) is 16.0 Å². The Bertz CT molecular complexity index is 1530. The SMILES string of the molecule is CCOC(=O)c1nn(-c2ccc(OCC)cc2)c(=O)c2c(NC(=O)Cc3ccc([N+](=O)[O-])cc3)scc12. The molecule has 2 aromatic carbocycles. The average molecular weight is 523 g/mol. The number of carbonyl (C=O) groups excluding carboxylic acids is 2. The Balaban J connectivity index is 1.72. The molecule has 11 nitrogen and oxygen atoms in total. The normalized spacial score (nSPS) is 10.8. The number of hydrogen-bond donors (Lipinski definition) is 1. The Kier molecular flexibility index (Phi) is 7.58. The molecule has 2 heterocycles. The molecule has 1 N–H and O–H groups in total. The summed E-state index contributed by atoms with van der Waals surface area (Å²) in [6.07, 6.45) is -0.0692. The molecule has 4 rings (SSSR count). The summed E-state index contributed by atoms with van der Waals surface area (Å²) >= 11 is 1.08. The van der Waals surface area contributed by atoms with Crippen molar-refractivity contribution in [1.82, 2.24) is 9.78 Å². The van der Waals surface area contributed by atoms with Crippen molar-refractivity contribution in [3.63, 3.8) is 0 Å². The highest BCUT2D eigenvalue weighted by molar-refractivity contribution is 7.16. The maximum Gasteiger partial charge on any atom is 0.359 e. The number of benzene rings is 2. The summed E-state index contributed by atoms with van der Waals surface area (Å²) in [5, 5.41) is 20.1. The minimum absolute atomic E-state index is 0.0579. The maximum atomic E-state index is 13.5. The third kappa shape index (κ3) is 5.48. The van der Waals surface area contributed by atoms with Gasteiger partial charge < -0.3 is 14.8 Å². The standard InChI is InChI=1S/C25H22N4O7S/c1-3-35-18-11-9-16(10-12-18)28-24(31)21-19(22(27-28)25(32)36-4-2)14-37-23(21)26-20(30)13-15-5-7-17(8-6-15)29(33)34/h5-12,14H,3-4,13H2,1-2H3,(H,26,30). The Morgan fingerprint density at radius 3 is 2.41 bits per heavy atom. The molecular weight excluding hydrogens is 500 g/mol. The first-order valence-electron chi connectivity index (χ1n) is 11.3. The monoisotopic (exact) mass is 522 g/mol. The van der Waals surface area contributed by atoms with E-state index in [9.17, 15) is 24.5 Å². The van der Waals surface area contributed by atoms with Crippen LogP contribution >= 0.6 is 11.3 Å². The summed E-state index contributed by atoms with van der Waals surface area (Å²) < 4.78 is 11.7. The van der Waals surface area contributed by atoms with Crippen molar-refractivity contribution in [2.45, 2.75) is 20.3 Å². The first-order valence-corrected chi connectivity index (χ1v) is 12.2. The zero-order valence-corrected chi connectivity index (χ0v) is 20.7. The van der Waals surface area contributed by atoms with Crippen LogP contribution in [0.5, 0.6) is 5.75 Å². The molecule has 0 spiro atoms. The number of nitrogens with one attached hydrogen (secondary N) is 1. The number of rotatable bonds is 9. The van der Waals surface area contributed by atoms with Gasteiger partial charge in [-0.25, -0.2) is 4.79 Å². The minimum Gasteiger partial charge on any atom is -0.494 e. The number of esters is 1. The first kappa shape index (κ1) is 25.5. The van der Waals surface area contributed by atoms with Gasteiger partial charge in [0.2, 0.25) is 5.91 Å². The van der Waals surface area contributed by atoms with Crippen LogP contribution in [0.2, 0.25) is 0 Å². The van der Waals surface area contributed by atoms with Crippen molar-refractivity contribution in [3.05, 3.63) is 85.6 Å². The van der Waals surface area contributed by atoms with E-state index in [1.807, 2.05) is 6.92 Å². The third-order valence-corrected chi connectivity index (χ3v) is 6.17. The lowest BCUT2D eigenvalue weighted by molar-refractivity contribution is -0.384. The highest BCUT2D eigenvalue weighted by Crippen LogP contribution is 2.31. The van der Waals surface area contributed by atoms with E-state index in [2.05, 4.69) is 10.4 Å².